The number of hydrogen-bond acceptors (Lipinski definition) is 3. The van der Waals surface area contributed by atoms with Gasteiger partial charge in [0, 0.05) is 0 Å². The lowest BCUT2D eigenvalue weighted by atomic mass is 10.2. The molecule has 0 aromatic rings. The van der Waals surface area contributed by atoms with Crippen molar-refractivity contribution in [1.29, 1.82) is 0 Å². The van der Waals surface area contributed by atoms with Gasteiger partial charge in [-0.2, -0.15) is 0 Å². The third kappa shape index (κ3) is 3.00. The summed E-state index contributed by atoms with van der Waals surface area (Å²) >= 11 is 3.87. The molecule has 42 valence electrons. The molecular formula is C4H8OS2. The normalized spacial score (nSPS) is 11.3. The van der Waals surface area contributed by atoms with Gasteiger partial charge in [-0.25, -0.2) is 0 Å². The largest absolute Gasteiger partial charge is 0.302 e. The van der Waals surface area contributed by atoms with Crippen molar-refractivity contribution in [3.63, 3.8) is 0 Å². The Bertz CT molecular complexity index is 70.1. The van der Waals surface area contributed by atoms with E-state index in [1.807, 2.05) is 13.8 Å². The summed E-state index contributed by atoms with van der Waals surface area (Å²) in [5.41, 5.74) is 0. The average Bonchev–Trinajstić information content (AvgIpc) is 1.68. The van der Waals surface area contributed by atoms with Gasteiger partial charge in [0.15, 0.2) is 0 Å². The van der Waals surface area contributed by atoms with Crippen LogP contribution in [-0.2, 0) is 4.79 Å². The van der Waals surface area contributed by atoms with Gasteiger partial charge in [-0.1, -0.05) is 10.8 Å². The average molecular weight is 136 g/mol. The van der Waals surface area contributed by atoms with Gasteiger partial charge in [-0.3, -0.25) is 0 Å². The van der Waals surface area contributed by atoms with Gasteiger partial charge in [0.05, 0.1) is 4.75 Å². The molecule has 0 aliphatic carbocycles. The molecule has 0 amide bonds. The van der Waals surface area contributed by atoms with Crippen LogP contribution < -0.4 is 0 Å². The van der Waals surface area contributed by atoms with E-state index in [0.717, 1.165) is 6.29 Å². The Morgan fingerprint density at radius 3 is 2.14 bits per heavy atom. The van der Waals surface area contributed by atoms with Gasteiger partial charge in [0.25, 0.3) is 0 Å². The van der Waals surface area contributed by atoms with Crippen LogP contribution in [-0.4, -0.2) is 11.0 Å². The molecule has 0 aliphatic heterocycles. The van der Waals surface area contributed by atoms with E-state index in [-0.39, 0.29) is 4.75 Å². The maximum Gasteiger partial charge on any atom is 0.136 e. The van der Waals surface area contributed by atoms with E-state index in [0.29, 0.717) is 0 Å². The second-order valence-electron chi connectivity index (χ2n) is 1.81. The van der Waals surface area contributed by atoms with Crippen molar-refractivity contribution in [2.75, 3.05) is 0 Å². The minimum atomic E-state index is -0.316. The summed E-state index contributed by atoms with van der Waals surface area (Å²) in [6.45, 7) is 3.63. The molecule has 0 saturated heterocycles. The number of carbonyl (C=O) groups excluding carboxylic acids is 1. The zero-order valence-electron chi connectivity index (χ0n) is 4.34. The standard InChI is InChI=1S/C4H8OS2/c1-4(2,3-5)7-6/h3,6H,1-2H3. The van der Waals surface area contributed by atoms with Crippen LogP contribution in [0, 0.1) is 0 Å². The highest BCUT2D eigenvalue weighted by molar-refractivity contribution is 8.69. The summed E-state index contributed by atoms with van der Waals surface area (Å²) in [6, 6.07) is 0. The van der Waals surface area contributed by atoms with E-state index in [2.05, 4.69) is 11.7 Å². The SMILES string of the molecule is CC(C)(C=O)SS. The molecule has 0 fully saturated rings. The van der Waals surface area contributed by atoms with E-state index in [1.54, 1.807) is 0 Å². The molecular weight excluding hydrogens is 128 g/mol. The van der Waals surface area contributed by atoms with Gasteiger partial charge >= 0.3 is 0 Å². The minimum Gasteiger partial charge on any atom is -0.302 e. The molecule has 0 N–H and O–H groups in total. The molecule has 0 unspecified atom stereocenters. The van der Waals surface area contributed by atoms with Gasteiger partial charge < -0.3 is 4.79 Å². The van der Waals surface area contributed by atoms with Gasteiger partial charge in [-0.15, -0.1) is 11.7 Å². The molecule has 0 saturated carbocycles. The molecule has 1 nitrogen and oxygen atoms in total. The quantitative estimate of drug-likeness (QED) is 0.352. The van der Waals surface area contributed by atoms with Crippen LogP contribution in [0.4, 0.5) is 0 Å². The predicted molar refractivity (Wildman–Crippen MR) is 36.7 cm³/mol. The van der Waals surface area contributed by atoms with Crippen LogP contribution in [0.5, 0.6) is 0 Å². The molecule has 0 bridgehead atoms. The molecule has 7 heavy (non-hydrogen) atoms. The van der Waals surface area contributed by atoms with Crippen molar-refractivity contribution in [3.8, 4) is 0 Å². The number of thiol groups is 1. The van der Waals surface area contributed by atoms with E-state index < -0.39 is 0 Å². The summed E-state index contributed by atoms with van der Waals surface area (Å²) in [5.74, 6) is 0. The number of aldehydes is 1. The molecule has 0 aliphatic rings. The van der Waals surface area contributed by atoms with E-state index in [1.165, 1.54) is 10.8 Å². The first-order valence-corrected chi connectivity index (χ1v) is 3.78. The monoisotopic (exact) mass is 136 g/mol. The lowest BCUT2D eigenvalue weighted by Crippen LogP contribution is -2.13. The summed E-state index contributed by atoms with van der Waals surface area (Å²) in [5, 5.41) is 0. The van der Waals surface area contributed by atoms with E-state index in [4.69, 9.17) is 0 Å². The second kappa shape index (κ2) is 2.62. The van der Waals surface area contributed by atoms with Gasteiger partial charge in [-0.05, 0) is 13.8 Å². The van der Waals surface area contributed by atoms with Crippen molar-refractivity contribution in [3.05, 3.63) is 0 Å². The van der Waals surface area contributed by atoms with Gasteiger partial charge in [0.2, 0.25) is 0 Å². The zero-order valence-corrected chi connectivity index (χ0v) is 6.05. The van der Waals surface area contributed by atoms with Crippen molar-refractivity contribution in [1.82, 2.24) is 0 Å². The second-order valence-corrected chi connectivity index (χ2v) is 3.60. The third-order valence-electron chi connectivity index (χ3n) is 0.519. The Labute approximate surface area is 52.7 Å². The number of hydrogen-bond donors (Lipinski definition) is 1. The highest BCUT2D eigenvalue weighted by atomic mass is 33.1. The van der Waals surface area contributed by atoms with Gasteiger partial charge in [0.1, 0.15) is 6.29 Å². The molecule has 0 rings (SSSR count). The maximum absolute atomic E-state index is 9.99. The first kappa shape index (κ1) is 7.37. The number of carbonyl (C=O) groups is 1. The summed E-state index contributed by atoms with van der Waals surface area (Å²) in [7, 11) is 1.25. The fraction of sp³-hybridized carbons (Fsp3) is 0.750. The molecule has 0 atom stereocenters. The highest BCUT2D eigenvalue weighted by Gasteiger charge is 2.13. The van der Waals surface area contributed by atoms with Crippen LogP contribution in [0.25, 0.3) is 0 Å². The Balaban J connectivity index is 3.58. The molecule has 0 radical (unpaired) electrons. The van der Waals surface area contributed by atoms with Crippen molar-refractivity contribution < 1.29 is 4.79 Å². The van der Waals surface area contributed by atoms with Crippen LogP contribution in [0.1, 0.15) is 13.8 Å². The third-order valence-corrected chi connectivity index (χ3v) is 2.50. The summed E-state index contributed by atoms with van der Waals surface area (Å²) in [6.07, 6.45) is 0.880. The lowest BCUT2D eigenvalue weighted by molar-refractivity contribution is -0.109. The van der Waals surface area contributed by atoms with Crippen LogP contribution in [0.2, 0.25) is 0 Å². The van der Waals surface area contributed by atoms with E-state index >= 15 is 0 Å². The van der Waals surface area contributed by atoms with Crippen molar-refractivity contribution >= 4 is 28.7 Å². The van der Waals surface area contributed by atoms with Crippen LogP contribution in [0.15, 0.2) is 0 Å². The Kier molecular flexibility index (Phi) is 2.76. The lowest BCUT2D eigenvalue weighted by Gasteiger charge is -2.08. The molecule has 0 aromatic heterocycles. The van der Waals surface area contributed by atoms with Crippen LogP contribution in [0.3, 0.4) is 0 Å². The molecule has 3 heteroatoms. The van der Waals surface area contributed by atoms with Crippen LogP contribution >= 0.6 is 22.5 Å². The minimum absolute atomic E-state index is 0.316. The topological polar surface area (TPSA) is 17.1 Å². The first-order valence-electron chi connectivity index (χ1n) is 1.91. The summed E-state index contributed by atoms with van der Waals surface area (Å²) < 4.78 is -0.316. The predicted octanol–water partition coefficient (Wildman–Crippen LogP) is 1.54. The molecule has 0 aromatic carbocycles. The smallest absolute Gasteiger partial charge is 0.136 e. The number of rotatable bonds is 2. The van der Waals surface area contributed by atoms with E-state index in [9.17, 15) is 4.79 Å². The Morgan fingerprint density at radius 1 is 1.71 bits per heavy atom. The summed E-state index contributed by atoms with van der Waals surface area (Å²) in [4.78, 5) is 9.99. The first-order chi connectivity index (χ1) is 3.12. The Hall–Kier alpha value is 0.370. The fourth-order valence-electron chi connectivity index (χ4n) is 0.0215. The highest BCUT2D eigenvalue weighted by Crippen LogP contribution is 2.24. The molecule has 0 heterocycles. The van der Waals surface area contributed by atoms with Crippen molar-refractivity contribution in [2.45, 2.75) is 18.6 Å². The Morgan fingerprint density at radius 2 is 2.14 bits per heavy atom. The maximum atomic E-state index is 9.99. The molecule has 0 spiro atoms. The van der Waals surface area contributed by atoms with Crippen molar-refractivity contribution in [2.24, 2.45) is 0 Å². The zero-order chi connectivity index (χ0) is 5.91. The fourth-order valence-corrected chi connectivity index (χ4v) is 0.194.